The average Bonchev–Trinajstić information content (AvgIpc) is 2.65. The first-order chi connectivity index (χ1) is 13.0. The van der Waals surface area contributed by atoms with E-state index in [4.69, 9.17) is 4.74 Å². The van der Waals surface area contributed by atoms with E-state index in [1.807, 2.05) is 56.3 Å². The van der Waals surface area contributed by atoms with Crippen molar-refractivity contribution in [2.45, 2.75) is 20.4 Å². The molecule has 0 radical (unpaired) electrons. The molecule has 0 spiro atoms. The summed E-state index contributed by atoms with van der Waals surface area (Å²) in [7, 11) is 1.56. The Morgan fingerprint density at radius 2 is 1.70 bits per heavy atom. The predicted molar refractivity (Wildman–Crippen MR) is 107 cm³/mol. The average molecular weight is 362 g/mol. The van der Waals surface area contributed by atoms with Gasteiger partial charge < -0.3 is 14.6 Å². The van der Waals surface area contributed by atoms with Crippen LogP contribution in [-0.4, -0.2) is 17.6 Å². The van der Waals surface area contributed by atoms with E-state index in [1.165, 1.54) is 16.7 Å². The second-order valence-corrected chi connectivity index (χ2v) is 6.53. The Hall–Kier alpha value is -3.34. The van der Waals surface area contributed by atoms with E-state index in [2.05, 4.69) is 5.32 Å². The number of amides is 1. The molecule has 5 heteroatoms. The maximum Gasteiger partial charge on any atom is 0.257 e. The smallest absolute Gasteiger partial charge is 0.257 e. The van der Waals surface area contributed by atoms with Crippen LogP contribution in [-0.2, 0) is 6.54 Å². The van der Waals surface area contributed by atoms with Crippen molar-refractivity contribution in [3.8, 4) is 5.75 Å². The van der Waals surface area contributed by atoms with Crippen molar-refractivity contribution in [2.24, 2.45) is 0 Å². The lowest BCUT2D eigenvalue weighted by atomic mass is 10.1. The van der Waals surface area contributed by atoms with Crippen molar-refractivity contribution in [3.05, 3.63) is 93.4 Å². The second-order valence-electron chi connectivity index (χ2n) is 6.53. The van der Waals surface area contributed by atoms with Crippen LogP contribution in [0.5, 0.6) is 5.75 Å². The van der Waals surface area contributed by atoms with Crippen LogP contribution in [0.25, 0.3) is 0 Å². The number of methoxy groups -OCH3 is 1. The first kappa shape index (κ1) is 18.5. The molecule has 138 valence electrons. The van der Waals surface area contributed by atoms with E-state index in [-0.39, 0.29) is 11.5 Å². The van der Waals surface area contributed by atoms with Crippen molar-refractivity contribution in [1.29, 1.82) is 0 Å². The minimum Gasteiger partial charge on any atom is -0.495 e. The van der Waals surface area contributed by atoms with Gasteiger partial charge in [-0.3, -0.25) is 9.59 Å². The monoisotopic (exact) mass is 362 g/mol. The van der Waals surface area contributed by atoms with Gasteiger partial charge in [-0.1, -0.05) is 35.9 Å². The van der Waals surface area contributed by atoms with Crippen LogP contribution in [0, 0.1) is 13.8 Å². The molecule has 1 amide bonds. The van der Waals surface area contributed by atoms with E-state index in [0.29, 0.717) is 23.5 Å². The maximum atomic E-state index is 12.7. The molecule has 0 aliphatic rings. The zero-order valence-corrected chi connectivity index (χ0v) is 15.7. The zero-order valence-electron chi connectivity index (χ0n) is 15.7. The molecule has 1 heterocycles. The first-order valence-corrected chi connectivity index (χ1v) is 8.68. The van der Waals surface area contributed by atoms with Gasteiger partial charge in [-0.2, -0.15) is 0 Å². The zero-order chi connectivity index (χ0) is 19.4. The SMILES string of the molecule is COc1ccc(C)cc1NC(=O)c1ccc(=O)n(Cc2ccc(C)cc2)c1. The second kappa shape index (κ2) is 7.91. The molecule has 27 heavy (non-hydrogen) atoms. The summed E-state index contributed by atoms with van der Waals surface area (Å²) < 4.78 is 6.83. The summed E-state index contributed by atoms with van der Waals surface area (Å²) in [6, 6.07) is 16.5. The van der Waals surface area contributed by atoms with Crippen LogP contribution in [0.1, 0.15) is 27.0 Å². The molecule has 3 rings (SSSR count). The van der Waals surface area contributed by atoms with Crippen LogP contribution in [0.15, 0.2) is 65.6 Å². The van der Waals surface area contributed by atoms with Gasteiger partial charge in [0.2, 0.25) is 0 Å². The molecule has 0 unspecified atom stereocenters. The number of hydrogen-bond donors (Lipinski definition) is 1. The first-order valence-electron chi connectivity index (χ1n) is 8.68. The molecular formula is C22H22N2O3. The summed E-state index contributed by atoms with van der Waals surface area (Å²) >= 11 is 0. The summed E-state index contributed by atoms with van der Waals surface area (Å²) in [5, 5.41) is 2.86. The molecular weight excluding hydrogens is 340 g/mol. The standard InChI is InChI=1S/C22H22N2O3/c1-15-4-7-17(8-5-15)13-24-14-18(9-11-21(24)25)22(26)23-19-12-16(2)6-10-20(19)27-3/h4-12,14H,13H2,1-3H3,(H,23,26). The lowest BCUT2D eigenvalue weighted by Crippen LogP contribution is -2.22. The van der Waals surface area contributed by atoms with E-state index in [1.54, 1.807) is 13.3 Å². The molecule has 0 fully saturated rings. The molecule has 5 nitrogen and oxygen atoms in total. The third-order valence-electron chi connectivity index (χ3n) is 4.32. The number of aryl methyl sites for hydroxylation is 2. The van der Waals surface area contributed by atoms with Crippen molar-refractivity contribution in [2.75, 3.05) is 12.4 Å². The number of rotatable bonds is 5. The molecule has 0 aliphatic heterocycles. The summed E-state index contributed by atoms with van der Waals surface area (Å²) in [5.74, 6) is 0.290. The molecule has 0 bridgehead atoms. The third kappa shape index (κ3) is 4.44. The van der Waals surface area contributed by atoms with Crippen LogP contribution in [0.3, 0.4) is 0 Å². The number of nitrogens with zero attached hydrogens (tertiary/aromatic N) is 1. The van der Waals surface area contributed by atoms with E-state index >= 15 is 0 Å². The fourth-order valence-corrected chi connectivity index (χ4v) is 2.79. The Kier molecular flexibility index (Phi) is 5.41. The molecule has 0 aliphatic carbocycles. The molecule has 0 atom stereocenters. The van der Waals surface area contributed by atoms with Crippen molar-refractivity contribution >= 4 is 11.6 Å². The minimum atomic E-state index is -0.295. The van der Waals surface area contributed by atoms with Crippen LogP contribution in [0.4, 0.5) is 5.69 Å². The topological polar surface area (TPSA) is 60.3 Å². The number of aromatic nitrogens is 1. The lowest BCUT2D eigenvalue weighted by Gasteiger charge is -2.12. The molecule has 1 N–H and O–H groups in total. The van der Waals surface area contributed by atoms with Gasteiger partial charge in [0.05, 0.1) is 24.9 Å². The highest BCUT2D eigenvalue weighted by molar-refractivity contribution is 6.04. The Morgan fingerprint density at radius 1 is 1.00 bits per heavy atom. The highest BCUT2D eigenvalue weighted by atomic mass is 16.5. The number of hydrogen-bond acceptors (Lipinski definition) is 3. The third-order valence-corrected chi connectivity index (χ3v) is 4.32. The highest BCUT2D eigenvalue weighted by Crippen LogP contribution is 2.25. The lowest BCUT2D eigenvalue weighted by molar-refractivity contribution is 0.102. The van der Waals surface area contributed by atoms with Crippen LogP contribution >= 0.6 is 0 Å². The Bertz CT molecular complexity index is 1020. The molecule has 3 aromatic rings. The quantitative estimate of drug-likeness (QED) is 0.751. The largest absolute Gasteiger partial charge is 0.495 e. The number of anilines is 1. The molecule has 2 aromatic carbocycles. The number of benzene rings is 2. The number of ether oxygens (including phenoxy) is 1. The Labute approximate surface area is 158 Å². The van der Waals surface area contributed by atoms with Crippen LogP contribution in [0.2, 0.25) is 0 Å². The Morgan fingerprint density at radius 3 is 2.41 bits per heavy atom. The Balaban J connectivity index is 1.85. The van der Waals surface area contributed by atoms with Gasteiger partial charge in [0.1, 0.15) is 5.75 Å². The number of carbonyl (C=O) groups is 1. The van der Waals surface area contributed by atoms with Gasteiger partial charge in [-0.25, -0.2) is 0 Å². The molecule has 0 saturated heterocycles. The summed E-state index contributed by atoms with van der Waals surface area (Å²) in [5.41, 5.74) is 4.02. The minimum absolute atomic E-state index is 0.153. The van der Waals surface area contributed by atoms with Gasteiger partial charge in [-0.05, 0) is 43.2 Å². The normalized spacial score (nSPS) is 10.5. The fraction of sp³-hybridized carbons (Fsp3) is 0.182. The van der Waals surface area contributed by atoms with Crippen molar-refractivity contribution < 1.29 is 9.53 Å². The number of carbonyl (C=O) groups excluding carboxylic acids is 1. The van der Waals surface area contributed by atoms with Gasteiger partial charge in [0.15, 0.2) is 0 Å². The predicted octanol–water partition coefficient (Wildman–Crippen LogP) is 3.77. The highest BCUT2D eigenvalue weighted by Gasteiger charge is 2.11. The fourth-order valence-electron chi connectivity index (χ4n) is 2.79. The summed E-state index contributed by atoms with van der Waals surface area (Å²) in [6.45, 7) is 4.37. The summed E-state index contributed by atoms with van der Waals surface area (Å²) in [6.07, 6.45) is 1.58. The number of nitrogens with one attached hydrogen (secondary N) is 1. The maximum absolute atomic E-state index is 12.7. The van der Waals surface area contributed by atoms with E-state index in [9.17, 15) is 9.59 Å². The van der Waals surface area contributed by atoms with Gasteiger partial charge in [0.25, 0.3) is 11.5 Å². The van der Waals surface area contributed by atoms with Gasteiger partial charge in [-0.15, -0.1) is 0 Å². The molecule has 0 saturated carbocycles. The van der Waals surface area contributed by atoms with E-state index < -0.39 is 0 Å². The van der Waals surface area contributed by atoms with E-state index in [0.717, 1.165) is 16.7 Å². The summed E-state index contributed by atoms with van der Waals surface area (Å²) in [4.78, 5) is 24.9. The van der Waals surface area contributed by atoms with Crippen molar-refractivity contribution in [3.63, 3.8) is 0 Å². The van der Waals surface area contributed by atoms with Gasteiger partial charge in [0, 0.05) is 12.3 Å². The van der Waals surface area contributed by atoms with Gasteiger partial charge >= 0.3 is 0 Å². The number of pyridine rings is 1. The molecule has 1 aromatic heterocycles. The van der Waals surface area contributed by atoms with Crippen molar-refractivity contribution in [1.82, 2.24) is 4.57 Å². The van der Waals surface area contributed by atoms with Crippen LogP contribution < -0.4 is 15.6 Å².